The monoisotopic (exact) mass is 394 g/mol. The van der Waals surface area contributed by atoms with Gasteiger partial charge in [-0.25, -0.2) is 0 Å². The number of thioether (sulfide) groups is 1. The molecule has 0 radical (unpaired) electrons. The number of hydrogen-bond acceptors (Lipinski definition) is 6. The molecule has 0 atom stereocenters. The molecule has 2 heterocycles. The lowest BCUT2D eigenvalue weighted by Crippen LogP contribution is -2.01. The van der Waals surface area contributed by atoms with Gasteiger partial charge in [-0.3, -0.25) is 4.79 Å². The molecule has 4 rings (SSSR count). The van der Waals surface area contributed by atoms with Gasteiger partial charge in [0.15, 0.2) is 5.78 Å². The number of benzene rings is 2. The van der Waals surface area contributed by atoms with Crippen LogP contribution in [-0.2, 0) is 0 Å². The van der Waals surface area contributed by atoms with Crippen molar-refractivity contribution in [3.63, 3.8) is 0 Å². The first-order chi connectivity index (χ1) is 13.0. The third-order valence-corrected chi connectivity index (χ3v) is 6.43. The molecule has 0 amide bonds. The zero-order valence-electron chi connectivity index (χ0n) is 15.3. The quantitative estimate of drug-likeness (QED) is 0.314. The molecule has 0 aliphatic heterocycles. The first-order valence-electron chi connectivity index (χ1n) is 8.57. The van der Waals surface area contributed by atoms with Crippen molar-refractivity contribution in [1.29, 1.82) is 0 Å². The Morgan fingerprint density at radius 2 is 1.81 bits per heavy atom. The van der Waals surface area contributed by atoms with Crippen LogP contribution >= 0.6 is 23.1 Å². The van der Waals surface area contributed by atoms with Crippen molar-refractivity contribution in [3.8, 4) is 11.5 Å². The number of aromatic nitrogens is 2. The number of ketones is 1. The Morgan fingerprint density at radius 1 is 1.07 bits per heavy atom. The highest BCUT2D eigenvalue weighted by atomic mass is 32.2. The number of nitrogens with zero attached hydrogens (tertiary/aromatic N) is 2. The Kier molecular flexibility index (Phi) is 4.85. The number of Topliss-reactive ketones (excluding diaryl/α,β-unsaturated/α-hetero) is 1. The van der Waals surface area contributed by atoms with E-state index in [1.165, 1.54) is 11.8 Å². The van der Waals surface area contributed by atoms with Crippen LogP contribution in [0.3, 0.4) is 0 Å². The molecule has 27 heavy (non-hydrogen) atoms. The molecule has 0 saturated heterocycles. The third-order valence-electron chi connectivity index (χ3n) is 4.30. The summed E-state index contributed by atoms with van der Waals surface area (Å²) in [5, 5.41) is 9.76. The number of aryl methyl sites for hydroxylation is 3. The summed E-state index contributed by atoms with van der Waals surface area (Å²) in [6.07, 6.45) is 0. The Labute approximate surface area is 165 Å². The average molecular weight is 395 g/mol. The predicted molar refractivity (Wildman–Crippen MR) is 111 cm³/mol. The highest BCUT2D eigenvalue weighted by Crippen LogP contribution is 2.32. The van der Waals surface area contributed by atoms with E-state index in [0.717, 1.165) is 37.2 Å². The van der Waals surface area contributed by atoms with E-state index in [4.69, 9.17) is 4.42 Å². The molecule has 2 aromatic heterocycles. The zero-order valence-corrected chi connectivity index (χ0v) is 16.9. The molecule has 0 bridgehead atoms. The van der Waals surface area contributed by atoms with Gasteiger partial charge in [-0.1, -0.05) is 47.2 Å². The average Bonchev–Trinajstić information content (AvgIpc) is 3.24. The second-order valence-corrected chi connectivity index (χ2v) is 8.49. The maximum atomic E-state index is 12.7. The number of fused-ring (bicyclic) bond motifs is 1. The largest absolute Gasteiger partial charge is 0.411 e. The van der Waals surface area contributed by atoms with Gasteiger partial charge in [-0.05, 0) is 49.9 Å². The maximum Gasteiger partial charge on any atom is 0.277 e. The van der Waals surface area contributed by atoms with Crippen LogP contribution in [-0.4, -0.2) is 21.7 Å². The second kappa shape index (κ2) is 7.29. The standard InChI is InChI=1S/C21H18N2O2S2/c1-12-8-13(2)10-15(9-12)20-22-23-21(25-20)26-11-17(24)19-14(3)16-6-4-5-7-18(16)27-19/h4-10H,11H2,1-3H3. The summed E-state index contributed by atoms with van der Waals surface area (Å²) < 4.78 is 6.88. The van der Waals surface area contributed by atoms with E-state index in [-0.39, 0.29) is 11.5 Å². The Morgan fingerprint density at radius 3 is 2.56 bits per heavy atom. The van der Waals surface area contributed by atoms with Crippen molar-refractivity contribution < 1.29 is 9.21 Å². The van der Waals surface area contributed by atoms with E-state index in [9.17, 15) is 4.79 Å². The molecule has 0 unspecified atom stereocenters. The van der Waals surface area contributed by atoms with E-state index in [1.54, 1.807) is 11.3 Å². The maximum absolute atomic E-state index is 12.7. The number of thiophene rings is 1. The molecule has 0 spiro atoms. The number of hydrogen-bond donors (Lipinski definition) is 0. The van der Waals surface area contributed by atoms with Gasteiger partial charge >= 0.3 is 0 Å². The summed E-state index contributed by atoms with van der Waals surface area (Å²) in [6, 6.07) is 14.2. The number of rotatable bonds is 5. The number of carbonyl (C=O) groups excluding carboxylic acids is 1. The fourth-order valence-electron chi connectivity index (χ4n) is 3.12. The molecule has 0 N–H and O–H groups in total. The van der Waals surface area contributed by atoms with Crippen LogP contribution in [0.15, 0.2) is 52.1 Å². The highest BCUT2D eigenvalue weighted by molar-refractivity contribution is 7.99. The molecule has 0 aliphatic carbocycles. The fraction of sp³-hybridized carbons (Fsp3) is 0.190. The molecular formula is C21H18N2O2S2. The summed E-state index contributed by atoms with van der Waals surface area (Å²) in [4.78, 5) is 13.5. The van der Waals surface area contributed by atoms with Gasteiger partial charge in [0.2, 0.25) is 5.89 Å². The summed E-state index contributed by atoms with van der Waals surface area (Å²) >= 11 is 2.83. The Balaban J connectivity index is 1.49. The minimum atomic E-state index is 0.0878. The van der Waals surface area contributed by atoms with E-state index in [0.29, 0.717) is 11.1 Å². The fourth-order valence-corrected chi connectivity index (χ4v) is 4.99. The minimum Gasteiger partial charge on any atom is -0.411 e. The van der Waals surface area contributed by atoms with Crippen LogP contribution < -0.4 is 0 Å². The predicted octanol–water partition coefficient (Wildman–Crippen LogP) is 5.85. The van der Waals surface area contributed by atoms with Gasteiger partial charge in [0.1, 0.15) is 0 Å². The SMILES string of the molecule is Cc1cc(C)cc(-c2nnc(SCC(=O)c3sc4ccccc4c3C)o2)c1. The van der Waals surface area contributed by atoms with E-state index >= 15 is 0 Å². The first-order valence-corrected chi connectivity index (χ1v) is 10.4. The van der Waals surface area contributed by atoms with Gasteiger partial charge in [0.05, 0.1) is 10.6 Å². The van der Waals surface area contributed by atoms with Gasteiger partial charge in [0, 0.05) is 10.3 Å². The van der Waals surface area contributed by atoms with Crippen molar-refractivity contribution in [3.05, 3.63) is 64.0 Å². The summed E-state index contributed by atoms with van der Waals surface area (Å²) in [5.41, 5.74) is 4.24. The first kappa shape index (κ1) is 17.9. The Bertz CT molecular complexity index is 1120. The lowest BCUT2D eigenvalue weighted by atomic mass is 10.1. The highest BCUT2D eigenvalue weighted by Gasteiger charge is 2.17. The van der Waals surface area contributed by atoms with Gasteiger partial charge in [0.25, 0.3) is 5.22 Å². The van der Waals surface area contributed by atoms with Gasteiger partial charge in [-0.2, -0.15) is 0 Å². The summed E-state index contributed by atoms with van der Waals surface area (Å²) in [5.74, 6) is 0.849. The molecule has 136 valence electrons. The lowest BCUT2D eigenvalue weighted by molar-refractivity contribution is 0.102. The van der Waals surface area contributed by atoms with Crippen LogP contribution in [0.2, 0.25) is 0 Å². The zero-order chi connectivity index (χ0) is 19.0. The molecule has 2 aromatic carbocycles. The number of carbonyl (C=O) groups is 1. The van der Waals surface area contributed by atoms with Crippen molar-refractivity contribution >= 4 is 39.0 Å². The summed E-state index contributed by atoms with van der Waals surface area (Å²) in [7, 11) is 0. The van der Waals surface area contributed by atoms with E-state index < -0.39 is 0 Å². The molecular weight excluding hydrogens is 376 g/mol. The van der Waals surface area contributed by atoms with Crippen LogP contribution in [0, 0.1) is 20.8 Å². The van der Waals surface area contributed by atoms with Crippen LogP contribution in [0.4, 0.5) is 0 Å². The van der Waals surface area contributed by atoms with Gasteiger partial charge < -0.3 is 4.42 Å². The topological polar surface area (TPSA) is 56.0 Å². The second-order valence-electron chi connectivity index (χ2n) is 6.51. The lowest BCUT2D eigenvalue weighted by Gasteiger charge is -2.00. The molecule has 0 saturated carbocycles. The van der Waals surface area contributed by atoms with Crippen molar-refractivity contribution in [2.24, 2.45) is 0 Å². The van der Waals surface area contributed by atoms with Crippen molar-refractivity contribution in [1.82, 2.24) is 10.2 Å². The molecule has 4 aromatic rings. The smallest absolute Gasteiger partial charge is 0.277 e. The van der Waals surface area contributed by atoms with E-state index in [1.807, 2.05) is 51.1 Å². The van der Waals surface area contributed by atoms with Crippen LogP contribution in [0.25, 0.3) is 21.5 Å². The summed E-state index contributed by atoms with van der Waals surface area (Å²) in [6.45, 7) is 6.07. The normalized spacial score (nSPS) is 11.2. The molecule has 0 fully saturated rings. The van der Waals surface area contributed by atoms with E-state index in [2.05, 4.69) is 22.3 Å². The van der Waals surface area contributed by atoms with Crippen LogP contribution in [0.1, 0.15) is 26.4 Å². The van der Waals surface area contributed by atoms with Gasteiger partial charge in [-0.15, -0.1) is 21.5 Å². The Hall–Kier alpha value is -2.44. The molecule has 0 aliphatic rings. The molecule has 6 heteroatoms. The van der Waals surface area contributed by atoms with Crippen molar-refractivity contribution in [2.75, 3.05) is 5.75 Å². The third kappa shape index (κ3) is 3.68. The van der Waals surface area contributed by atoms with Crippen LogP contribution in [0.5, 0.6) is 0 Å². The minimum absolute atomic E-state index is 0.0878. The molecule has 4 nitrogen and oxygen atoms in total. The van der Waals surface area contributed by atoms with Crippen molar-refractivity contribution in [2.45, 2.75) is 26.0 Å².